The molecule has 2 heterocycles. The predicted octanol–water partition coefficient (Wildman–Crippen LogP) is 1.84. The quantitative estimate of drug-likeness (QED) is 0.768. The third-order valence-electron chi connectivity index (χ3n) is 3.21. The molecule has 1 atom stereocenters. The highest BCUT2D eigenvalue weighted by atomic mass is 16.3. The summed E-state index contributed by atoms with van der Waals surface area (Å²) in [7, 11) is 0. The lowest BCUT2D eigenvalue weighted by Gasteiger charge is -2.28. The van der Waals surface area contributed by atoms with Crippen LogP contribution in [0.2, 0.25) is 0 Å². The van der Waals surface area contributed by atoms with Crippen molar-refractivity contribution < 1.29 is 9.90 Å². The van der Waals surface area contributed by atoms with Gasteiger partial charge < -0.3 is 15.4 Å². The standard InChI is InChI=1S/C14H19N3O2/c1-3-7-14(2,9-18)17-13(19)11-5-4-10-6-8-15-12(10)16-11/h4-6,8,18H,3,7,9H2,1-2H3,(H,15,16)(H,17,19). The first-order chi connectivity index (χ1) is 9.08. The van der Waals surface area contributed by atoms with Crippen molar-refractivity contribution in [3.63, 3.8) is 0 Å². The summed E-state index contributed by atoms with van der Waals surface area (Å²) in [5.74, 6) is -0.262. The smallest absolute Gasteiger partial charge is 0.270 e. The second kappa shape index (κ2) is 5.40. The van der Waals surface area contributed by atoms with Gasteiger partial charge in [-0.15, -0.1) is 0 Å². The number of fused-ring (bicyclic) bond motifs is 1. The van der Waals surface area contributed by atoms with Gasteiger partial charge in [-0.05, 0) is 31.5 Å². The average molecular weight is 261 g/mol. The Morgan fingerprint density at radius 3 is 2.95 bits per heavy atom. The zero-order valence-corrected chi connectivity index (χ0v) is 11.2. The number of hydrogen-bond acceptors (Lipinski definition) is 3. The summed E-state index contributed by atoms with van der Waals surface area (Å²) in [5.41, 5.74) is 0.442. The minimum absolute atomic E-state index is 0.0860. The molecular formula is C14H19N3O2. The molecule has 0 aromatic carbocycles. The maximum atomic E-state index is 12.2. The van der Waals surface area contributed by atoms with Crippen LogP contribution in [0.15, 0.2) is 24.4 Å². The minimum Gasteiger partial charge on any atom is -0.394 e. The van der Waals surface area contributed by atoms with E-state index in [1.54, 1.807) is 12.3 Å². The number of H-pyrrole nitrogens is 1. The summed E-state index contributed by atoms with van der Waals surface area (Å²) < 4.78 is 0. The van der Waals surface area contributed by atoms with Crippen LogP contribution in [0.25, 0.3) is 11.0 Å². The number of aliphatic hydroxyl groups is 1. The fourth-order valence-electron chi connectivity index (χ4n) is 2.13. The molecule has 102 valence electrons. The van der Waals surface area contributed by atoms with Gasteiger partial charge in [-0.1, -0.05) is 13.3 Å². The van der Waals surface area contributed by atoms with Gasteiger partial charge in [-0.25, -0.2) is 4.98 Å². The monoisotopic (exact) mass is 261 g/mol. The number of nitrogens with one attached hydrogen (secondary N) is 2. The first kappa shape index (κ1) is 13.5. The summed E-state index contributed by atoms with van der Waals surface area (Å²) in [6.45, 7) is 3.77. The molecule has 0 spiro atoms. The highest BCUT2D eigenvalue weighted by molar-refractivity contribution is 5.94. The third-order valence-corrected chi connectivity index (χ3v) is 3.21. The van der Waals surface area contributed by atoms with Crippen molar-refractivity contribution in [2.75, 3.05) is 6.61 Å². The number of carbonyl (C=O) groups is 1. The number of carbonyl (C=O) groups excluding carboxylic acids is 1. The molecule has 1 amide bonds. The molecule has 2 aromatic rings. The van der Waals surface area contributed by atoms with Crippen LogP contribution in [0.4, 0.5) is 0 Å². The highest BCUT2D eigenvalue weighted by Gasteiger charge is 2.25. The summed E-state index contributed by atoms with van der Waals surface area (Å²) in [6.07, 6.45) is 3.40. The van der Waals surface area contributed by atoms with Gasteiger partial charge in [0.2, 0.25) is 0 Å². The molecule has 1 unspecified atom stereocenters. The van der Waals surface area contributed by atoms with Gasteiger partial charge in [0.1, 0.15) is 11.3 Å². The zero-order chi connectivity index (χ0) is 13.9. The van der Waals surface area contributed by atoms with E-state index >= 15 is 0 Å². The van der Waals surface area contributed by atoms with Gasteiger partial charge >= 0.3 is 0 Å². The lowest BCUT2D eigenvalue weighted by Crippen LogP contribution is -2.49. The van der Waals surface area contributed by atoms with E-state index in [0.717, 1.165) is 18.2 Å². The number of pyridine rings is 1. The summed E-state index contributed by atoms with van der Waals surface area (Å²) in [5, 5.41) is 13.2. The van der Waals surface area contributed by atoms with E-state index in [2.05, 4.69) is 15.3 Å². The van der Waals surface area contributed by atoms with Crippen LogP contribution in [0.5, 0.6) is 0 Å². The van der Waals surface area contributed by atoms with E-state index in [-0.39, 0.29) is 12.5 Å². The van der Waals surface area contributed by atoms with Gasteiger partial charge in [0.15, 0.2) is 0 Å². The summed E-state index contributed by atoms with van der Waals surface area (Å²) in [4.78, 5) is 19.4. The van der Waals surface area contributed by atoms with Crippen LogP contribution >= 0.6 is 0 Å². The van der Waals surface area contributed by atoms with Crippen LogP contribution < -0.4 is 5.32 Å². The Hall–Kier alpha value is -1.88. The van der Waals surface area contributed by atoms with Crippen molar-refractivity contribution in [1.82, 2.24) is 15.3 Å². The number of amides is 1. The second-order valence-corrected chi connectivity index (χ2v) is 5.03. The van der Waals surface area contributed by atoms with Crippen LogP contribution in [0, 0.1) is 0 Å². The Kier molecular flexibility index (Phi) is 3.85. The molecular weight excluding hydrogens is 242 g/mol. The van der Waals surface area contributed by atoms with Crippen LogP contribution in [-0.4, -0.2) is 33.1 Å². The van der Waals surface area contributed by atoms with E-state index in [1.807, 2.05) is 26.0 Å². The van der Waals surface area contributed by atoms with Gasteiger partial charge in [0.05, 0.1) is 12.1 Å². The molecule has 5 nitrogen and oxygen atoms in total. The fourth-order valence-corrected chi connectivity index (χ4v) is 2.13. The lowest BCUT2D eigenvalue weighted by molar-refractivity contribution is 0.0836. The molecule has 0 aliphatic carbocycles. The number of aromatic nitrogens is 2. The molecule has 0 aliphatic rings. The largest absolute Gasteiger partial charge is 0.394 e. The van der Waals surface area contributed by atoms with Gasteiger partial charge in [0, 0.05) is 11.6 Å². The molecule has 5 heteroatoms. The minimum atomic E-state index is -0.599. The van der Waals surface area contributed by atoms with Crippen molar-refractivity contribution in [2.45, 2.75) is 32.2 Å². The van der Waals surface area contributed by atoms with E-state index in [0.29, 0.717) is 11.3 Å². The Balaban J connectivity index is 2.18. The molecule has 0 saturated heterocycles. The normalized spacial score (nSPS) is 14.3. The molecule has 2 rings (SSSR count). The topological polar surface area (TPSA) is 78.0 Å². The van der Waals surface area contributed by atoms with Gasteiger partial charge in [-0.2, -0.15) is 0 Å². The van der Waals surface area contributed by atoms with Crippen LogP contribution in [0.1, 0.15) is 37.2 Å². The summed E-state index contributed by atoms with van der Waals surface area (Å²) in [6, 6.07) is 5.44. The van der Waals surface area contributed by atoms with Crippen molar-refractivity contribution >= 4 is 16.9 Å². The predicted molar refractivity (Wildman–Crippen MR) is 74.0 cm³/mol. The second-order valence-electron chi connectivity index (χ2n) is 5.03. The maximum Gasteiger partial charge on any atom is 0.270 e. The number of nitrogens with zero attached hydrogens (tertiary/aromatic N) is 1. The number of rotatable bonds is 5. The van der Waals surface area contributed by atoms with Crippen molar-refractivity contribution in [3.8, 4) is 0 Å². The van der Waals surface area contributed by atoms with Crippen molar-refractivity contribution in [2.24, 2.45) is 0 Å². The van der Waals surface area contributed by atoms with E-state index in [9.17, 15) is 9.90 Å². The molecule has 0 radical (unpaired) electrons. The third kappa shape index (κ3) is 2.93. The first-order valence-corrected chi connectivity index (χ1v) is 6.45. The van der Waals surface area contributed by atoms with Gasteiger partial charge in [0.25, 0.3) is 5.91 Å². The Labute approximate surface area is 112 Å². The molecule has 3 N–H and O–H groups in total. The Bertz CT molecular complexity index is 579. The summed E-state index contributed by atoms with van der Waals surface area (Å²) >= 11 is 0. The molecule has 0 bridgehead atoms. The maximum absolute atomic E-state index is 12.2. The number of hydrogen-bond donors (Lipinski definition) is 3. The molecule has 19 heavy (non-hydrogen) atoms. The molecule has 0 saturated carbocycles. The van der Waals surface area contributed by atoms with Crippen molar-refractivity contribution in [1.29, 1.82) is 0 Å². The van der Waals surface area contributed by atoms with Crippen molar-refractivity contribution in [3.05, 3.63) is 30.1 Å². The highest BCUT2D eigenvalue weighted by Crippen LogP contribution is 2.14. The molecule has 0 aliphatic heterocycles. The van der Waals surface area contributed by atoms with E-state index < -0.39 is 5.54 Å². The van der Waals surface area contributed by atoms with Crippen LogP contribution in [-0.2, 0) is 0 Å². The SMILES string of the molecule is CCCC(C)(CO)NC(=O)c1ccc2cc[nH]c2n1. The number of aliphatic hydroxyl groups excluding tert-OH is 1. The fraction of sp³-hybridized carbons (Fsp3) is 0.429. The van der Waals surface area contributed by atoms with E-state index in [4.69, 9.17) is 0 Å². The van der Waals surface area contributed by atoms with Gasteiger partial charge in [-0.3, -0.25) is 4.79 Å². The Morgan fingerprint density at radius 2 is 2.26 bits per heavy atom. The van der Waals surface area contributed by atoms with E-state index in [1.165, 1.54) is 0 Å². The molecule has 0 fully saturated rings. The Morgan fingerprint density at radius 1 is 1.47 bits per heavy atom. The first-order valence-electron chi connectivity index (χ1n) is 6.45. The van der Waals surface area contributed by atoms with Crippen LogP contribution in [0.3, 0.4) is 0 Å². The number of aromatic amines is 1. The zero-order valence-electron chi connectivity index (χ0n) is 11.2. The average Bonchev–Trinajstić information content (AvgIpc) is 2.86. The lowest BCUT2D eigenvalue weighted by atomic mass is 9.97. The molecule has 2 aromatic heterocycles.